The van der Waals surface area contributed by atoms with Crippen LogP contribution < -0.4 is 5.73 Å². The molecule has 0 bridgehead atoms. The summed E-state index contributed by atoms with van der Waals surface area (Å²) in [6, 6.07) is 8.44. The van der Waals surface area contributed by atoms with Gasteiger partial charge in [-0.25, -0.2) is 0 Å². The molecule has 1 aromatic rings. The van der Waals surface area contributed by atoms with Crippen molar-refractivity contribution in [1.82, 2.24) is 0 Å². The Morgan fingerprint density at radius 2 is 2.06 bits per heavy atom. The topological polar surface area (TPSA) is 44.5 Å². The van der Waals surface area contributed by atoms with Crippen LogP contribution in [0.15, 0.2) is 24.3 Å². The van der Waals surface area contributed by atoms with Gasteiger partial charge in [0.15, 0.2) is 0 Å². The van der Waals surface area contributed by atoms with Crippen LogP contribution in [-0.2, 0) is 15.9 Å². The Labute approximate surface area is 109 Å². The molecule has 1 heterocycles. The second kappa shape index (κ2) is 5.95. The SMILES string of the molecule is NC(Cc1ccc(I)cc1)C1COCCO1. The van der Waals surface area contributed by atoms with E-state index in [1.165, 1.54) is 9.13 Å². The maximum atomic E-state index is 6.11. The smallest absolute Gasteiger partial charge is 0.0963 e. The van der Waals surface area contributed by atoms with Gasteiger partial charge in [0.1, 0.15) is 0 Å². The monoisotopic (exact) mass is 333 g/mol. The highest BCUT2D eigenvalue weighted by molar-refractivity contribution is 14.1. The van der Waals surface area contributed by atoms with Crippen molar-refractivity contribution >= 4 is 22.6 Å². The van der Waals surface area contributed by atoms with E-state index in [1.807, 2.05) is 0 Å². The van der Waals surface area contributed by atoms with Gasteiger partial charge < -0.3 is 15.2 Å². The minimum atomic E-state index is 0.0142. The maximum Gasteiger partial charge on any atom is 0.0963 e. The first kappa shape index (κ1) is 12.3. The quantitative estimate of drug-likeness (QED) is 0.855. The van der Waals surface area contributed by atoms with Crippen molar-refractivity contribution < 1.29 is 9.47 Å². The molecule has 1 aliphatic heterocycles. The predicted octanol–water partition coefficient (Wildman–Crippen LogP) is 1.58. The Morgan fingerprint density at radius 3 is 2.69 bits per heavy atom. The maximum absolute atomic E-state index is 6.11. The van der Waals surface area contributed by atoms with E-state index in [4.69, 9.17) is 15.2 Å². The molecule has 3 nitrogen and oxygen atoms in total. The van der Waals surface area contributed by atoms with Gasteiger partial charge >= 0.3 is 0 Å². The Kier molecular flexibility index (Phi) is 4.57. The molecule has 0 aromatic heterocycles. The van der Waals surface area contributed by atoms with Gasteiger partial charge in [-0.3, -0.25) is 0 Å². The molecule has 0 saturated carbocycles. The standard InChI is InChI=1S/C12H16INO2/c13-10-3-1-9(2-4-10)7-11(14)12-8-15-5-6-16-12/h1-4,11-12H,5-8,14H2. The van der Waals surface area contributed by atoms with Crippen molar-refractivity contribution in [2.75, 3.05) is 19.8 Å². The van der Waals surface area contributed by atoms with E-state index >= 15 is 0 Å². The lowest BCUT2D eigenvalue weighted by molar-refractivity contribution is -0.0967. The van der Waals surface area contributed by atoms with E-state index in [1.54, 1.807) is 0 Å². The zero-order valence-corrected chi connectivity index (χ0v) is 11.2. The molecular formula is C12H16INO2. The van der Waals surface area contributed by atoms with Gasteiger partial charge in [-0.15, -0.1) is 0 Å². The zero-order chi connectivity index (χ0) is 11.4. The zero-order valence-electron chi connectivity index (χ0n) is 9.06. The molecular weight excluding hydrogens is 317 g/mol. The van der Waals surface area contributed by atoms with Crippen molar-refractivity contribution in [3.8, 4) is 0 Å². The number of hydrogen-bond donors (Lipinski definition) is 1. The van der Waals surface area contributed by atoms with Crippen molar-refractivity contribution in [2.24, 2.45) is 5.73 Å². The number of benzene rings is 1. The third-order valence-electron chi connectivity index (χ3n) is 2.70. The molecule has 0 spiro atoms. The molecule has 0 amide bonds. The summed E-state index contributed by atoms with van der Waals surface area (Å²) in [7, 11) is 0. The van der Waals surface area contributed by atoms with E-state index in [2.05, 4.69) is 46.9 Å². The molecule has 2 atom stereocenters. The number of hydrogen-bond acceptors (Lipinski definition) is 3. The van der Waals surface area contributed by atoms with E-state index in [9.17, 15) is 0 Å². The molecule has 2 rings (SSSR count). The van der Waals surface area contributed by atoms with Crippen LogP contribution in [0.25, 0.3) is 0 Å². The summed E-state index contributed by atoms with van der Waals surface area (Å²) >= 11 is 2.30. The number of halogens is 1. The number of ether oxygens (including phenoxy) is 2. The largest absolute Gasteiger partial charge is 0.376 e. The average molecular weight is 333 g/mol. The van der Waals surface area contributed by atoms with Crippen LogP contribution in [0.3, 0.4) is 0 Å². The van der Waals surface area contributed by atoms with Crippen LogP contribution in [0.5, 0.6) is 0 Å². The lowest BCUT2D eigenvalue weighted by Crippen LogP contribution is -2.44. The lowest BCUT2D eigenvalue weighted by atomic mass is 10.0. The first-order chi connectivity index (χ1) is 7.75. The van der Waals surface area contributed by atoms with Crippen molar-refractivity contribution in [2.45, 2.75) is 18.6 Å². The molecule has 88 valence electrons. The van der Waals surface area contributed by atoms with E-state index in [0.717, 1.165) is 6.42 Å². The van der Waals surface area contributed by atoms with Crippen LogP contribution >= 0.6 is 22.6 Å². The third kappa shape index (κ3) is 3.41. The molecule has 0 aliphatic carbocycles. The average Bonchev–Trinajstić information content (AvgIpc) is 2.33. The van der Waals surface area contributed by atoms with Gasteiger partial charge in [0, 0.05) is 9.61 Å². The highest BCUT2D eigenvalue weighted by atomic mass is 127. The molecule has 2 N–H and O–H groups in total. The van der Waals surface area contributed by atoms with E-state index in [0.29, 0.717) is 19.8 Å². The summed E-state index contributed by atoms with van der Waals surface area (Å²) in [6.07, 6.45) is 0.873. The Hall–Kier alpha value is -0.170. The summed E-state index contributed by atoms with van der Waals surface area (Å²) in [5, 5.41) is 0. The summed E-state index contributed by atoms with van der Waals surface area (Å²) < 4.78 is 12.2. The minimum Gasteiger partial charge on any atom is -0.376 e. The van der Waals surface area contributed by atoms with Gasteiger partial charge in [0.05, 0.1) is 25.9 Å². The summed E-state index contributed by atoms with van der Waals surface area (Å²) in [6.45, 7) is 1.96. The van der Waals surface area contributed by atoms with Gasteiger partial charge in [-0.2, -0.15) is 0 Å². The summed E-state index contributed by atoms with van der Waals surface area (Å²) in [5.41, 5.74) is 7.36. The molecule has 1 aliphatic rings. The van der Waals surface area contributed by atoms with Gasteiger partial charge in [-0.1, -0.05) is 12.1 Å². The van der Waals surface area contributed by atoms with Crippen LogP contribution in [0, 0.1) is 3.57 Å². The Bertz CT molecular complexity index is 322. The predicted molar refractivity (Wildman–Crippen MR) is 71.4 cm³/mol. The van der Waals surface area contributed by atoms with Gasteiger partial charge in [0.25, 0.3) is 0 Å². The second-order valence-electron chi connectivity index (χ2n) is 3.98. The fraction of sp³-hybridized carbons (Fsp3) is 0.500. The molecule has 2 unspecified atom stereocenters. The lowest BCUT2D eigenvalue weighted by Gasteiger charge is -2.28. The normalized spacial score (nSPS) is 23.0. The summed E-state index contributed by atoms with van der Waals surface area (Å²) in [4.78, 5) is 0. The van der Waals surface area contributed by atoms with Gasteiger partial charge in [-0.05, 0) is 46.7 Å². The van der Waals surface area contributed by atoms with Crippen LogP contribution in [0.1, 0.15) is 5.56 Å². The fourth-order valence-corrected chi connectivity index (χ4v) is 2.14. The first-order valence-electron chi connectivity index (χ1n) is 5.45. The van der Waals surface area contributed by atoms with Crippen molar-refractivity contribution in [3.63, 3.8) is 0 Å². The van der Waals surface area contributed by atoms with Crippen LogP contribution in [0.2, 0.25) is 0 Å². The fourth-order valence-electron chi connectivity index (χ4n) is 1.78. The molecule has 1 saturated heterocycles. The summed E-state index contributed by atoms with van der Waals surface area (Å²) in [5.74, 6) is 0. The van der Waals surface area contributed by atoms with E-state index < -0.39 is 0 Å². The molecule has 1 aromatic carbocycles. The molecule has 1 fully saturated rings. The Balaban J connectivity index is 1.90. The Morgan fingerprint density at radius 1 is 1.31 bits per heavy atom. The van der Waals surface area contributed by atoms with Crippen LogP contribution in [-0.4, -0.2) is 32.0 Å². The van der Waals surface area contributed by atoms with Crippen molar-refractivity contribution in [3.05, 3.63) is 33.4 Å². The van der Waals surface area contributed by atoms with Crippen molar-refractivity contribution in [1.29, 1.82) is 0 Å². The number of nitrogens with two attached hydrogens (primary N) is 1. The van der Waals surface area contributed by atoms with Gasteiger partial charge in [0.2, 0.25) is 0 Å². The highest BCUT2D eigenvalue weighted by Gasteiger charge is 2.21. The highest BCUT2D eigenvalue weighted by Crippen LogP contribution is 2.12. The molecule has 0 radical (unpaired) electrons. The third-order valence-corrected chi connectivity index (χ3v) is 3.42. The molecule has 4 heteroatoms. The minimum absolute atomic E-state index is 0.0142. The first-order valence-corrected chi connectivity index (χ1v) is 6.53. The number of rotatable bonds is 3. The van der Waals surface area contributed by atoms with Crippen LogP contribution in [0.4, 0.5) is 0 Å². The molecule has 16 heavy (non-hydrogen) atoms. The second-order valence-corrected chi connectivity index (χ2v) is 5.22. The van der Waals surface area contributed by atoms with E-state index in [-0.39, 0.29) is 12.1 Å².